The summed E-state index contributed by atoms with van der Waals surface area (Å²) in [6.45, 7) is 9.12. The van der Waals surface area contributed by atoms with E-state index in [1.807, 2.05) is 38.4 Å². The van der Waals surface area contributed by atoms with E-state index in [4.69, 9.17) is 0 Å². The van der Waals surface area contributed by atoms with Crippen molar-refractivity contribution in [3.63, 3.8) is 0 Å². The van der Waals surface area contributed by atoms with Gasteiger partial charge in [0.05, 0.1) is 12.2 Å². The van der Waals surface area contributed by atoms with Crippen LogP contribution in [0.3, 0.4) is 0 Å². The summed E-state index contributed by atoms with van der Waals surface area (Å²) in [6, 6.07) is 13.1. The Morgan fingerprint density at radius 3 is 2.10 bits per heavy atom. The van der Waals surface area contributed by atoms with Gasteiger partial charge in [-0.15, -0.1) is 11.7 Å². The SMILES string of the molecule is C=CCCC=O.C=CONCC(F)(F)c1ccc(-c2ncn(-c3ccc(CC(C)(C)F)cc3)n2)cc1.CNC. The van der Waals surface area contributed by atoms with E-state index in [1.54, 1.807) is 29.2 Å². The number of hydrogen-bond donors (Lipinski definition) is 2. The van der Waals surface area contributed by atoms with E-state index in [9.17, 15) is 18.0 Å². The minimum atomic E-state index is -3.11. The number of aldehydes is 1. The molecule has 0 saturated carbocycles. The lowest BCUT2D eigenvalue weighted by molar-refractivity contribution is -0.107. The number of halogens is 3. The monoisotopic (exact) mass is 545 g/mol. The minimum Gasteiger partial charge on any atom is -0.417 e. The molecule has 0 amide bonds. The summed E-state index contributed by atoms with van der Waals surface area (Å²) < 4.78 is 43.6. The first-order valence-corrected chi connectivity index (χ1v) is 12.3. The van der Waals surface area contributed by atoms with Gasteiger partial charge in [0.25, 0.3) is 5.92 Å². The first-order valence-electron chi connectivity index (χ1n) is 12.3. The van der Waals surface area contributed by atoms with E-state index >= 15 is 0 Å². The van der Waals surface area contributed by atoms with Crippen molar-refractivity contribution in [1.82, 2.24) is 25.6 Å². The number of rotatable bonds is 12. The third kappa shape index (κ3) is 12.6. The average Bonchev–Trinajstić information content (AvgIpc) is 3.38. The molecule has 0 spiro atoms. The van der Waals surface area contributed by atoms with Crippen LogP contribution in [0.2, 0.25) is 0 Å². The molecule has 0 aliphatic carbocycles. The van der Waals surface area contributed by atoms with Gasteiger partial charge in [0.2, 0.25) is 0 Å². The molecule has 0 atom stereocenters. The lowest BCUT2D eigenvalue weighted by atomic mass is 10.0. The van der Waals surface area contributed by atoms with E-state index in [0.29, 0.717) is 24.2 Å². The second-order valence-electron chi connectivity index (χ2n) is 8.99. The van der Waals surface area contributed by atoms with Gasteiger partial charge in [0.15, 0.2) is 5.82 Å². The lowest BCUT2D eigenvalue weighted by Gasteiger charge is -2.16. The maximum absolute atomic E-state index is 14.1. The smallest absolute Gasteiger partial charge is 0.288 e. The van der Waals surface area contributed by atoms with Crippen molar-refractivity contribution in [2.45, 2.75) is 44.7 Å². The Morgan fingerprint density at radius 1 is 1.00 bits per heavy atom. The zero-order valence-electron chi connectivity index (χ0n) is 23.0. The molecule has 3 rings (SSSR count). The second kappa shape index (κ2) is 17.0. The van der Waals surface area contributed by atoms with Crippen molar-refractivity contribution in [1.29, 1.82) is 0 Å². The van der Waals surface area contributed by atoms with Gasteiger partial charge in [-0.2, -0.15) is 14.3 Å². The molecule has 7 nitrogen and oxygen atoms in total. The number of carbonyl (C=O) groups is 1. The Kier molecular flexibility index (Phi) is 14.5. The van der Waals surface area contributed by atoms with Crippen LogP contribution < -0.4 is 10.8 Å². The van der Waals surface area contributed by atoms with Crippen molar-refractivity contribution >= 4 is 6.29 Å². The zero-order chi connectivity index (χ0) is 29.3. The highest BCUT2D eigenvalue weighted by atomic mass is 19.3. The summed E-state index contributed by atoms with van der Waals surface area (Å²) in [6.07, 6.45) is 6.95. The molecular formula is C29H38F3N5O2. The van der Waals surface area contributed by atoms with E-state index < -0.39 is 18.1 Å². The fraction of sp³-hybridized carbons (Fsp3) is 0.345. The third-order valence-corrected chi connectivity index (χ3v) is 4.83. The summed E-state index contributed by atoms with van der Waals surface area (Å²) in [5.41, 5.74) is 2.97. The van der Waals surface area contributed by atoms with Crippen LogP contribution in [0.5, 0.6) is 0 Å². The molecule has 10 heteroatoms. The van der Waals surface area contributed by atoms with Crippen LogP contribution in [0.25, 0.3) is 17.1 Å². The van der Waals surface area contributed by atoms with Gasteiger partial charge in [-0.25, -0.2) is 14.1 Å². The van der Waals surface area contributed by atoms with Gasteiger partial charge >= 0.3 is 0 Å². The molecule has 0 saturated heterocycles. The quantitative estimate of drug-likeness (QED) is 0.0960. The molecule has 2 N–H and O–H groups in total. The van der Waals surface area contributed by atoms with Crippen molar-refractivity contribution in [3.8, 4) is 17.1 Å². The van der Waals surface area contributed by atoms with E-state index in [2.05, 4.69) is 38.9 Å². The first-order chi connectivity index (χ1) is 18.5. The molecule has 0 bridgehead atoms. The highest BCUT2D eigenvalue weighted by Crippen LogP contribution is 2.29. The summed E-state index contributed by atoms with van der Waals surface area (Å²) in [7, 11) is 3.75. The lowest BCUT2D eigenvalue weighted by Crippen LogP contribution is -2.29. The van der Waals surface area contributed by atoms with Gasteiger partial charge in [0.1, 0.15) is 24.5 Å². The number of benzene rings is 2. The number of nitrogens with zero attached hydrogens (tertiary/aromatic N) is 3. The summed E-state index contributed by atoms with van der Waals surface area (Å²) >= 11 is 0. The van der Waals surface area contributed by atoms with Crippen LogP contribution in [0.15, 0.2) is 80.4 Å². The van der Waals surface area contributed by atoms with Gasteiger partial charge in [-0.05, 0) is 52.1 Å². The van der Waals surface area contributed by atoms with Gasteiger partial charge in [0, 0.05) is 24.0 Å². The molecule has 3 aromatic rings. The van der Waals surface area contributed by atoms with Crippen LogP contribution in [0, 0.1) is 0 Å². The Labute approximate surface area is 228 Å². The number of alkyl halides is 3. The van der Waals surface area contributed by atoms with E-state index in [-0.39, 0.29) is 5.56 Å². The van der Waals surface area contributed by atoms with E-state index in [1.165, 1.54) is 26.0 Å². The van der Waals surface area contributed by atoms with Gasteiger partial charge in [-0.3, -0.25) is 0 Å². The first kappa shape index (κ1) is 33.3. The molecule has 0 radical (unpaired) electrons. The predicted molar refractivity (Wildman–Crippen MR) is 149 cm³/mol. The number of nitrogens with one attached hydrogen (secondary N) is 2. The molecule has 1 aromatic heterocycles. The normalized spacial score (nSPS) is 10.8. The maximum Gasteiger partial charge on any atom is 0.288 e. The second-order valence-corrected chi connectivity index (χ2v) is 8.99. The molecule has 0 fully saturated rings. The number of unbranched alkanes of at least 4 members (excludes halogenated alkanes) is 1. The summed E-state index contributed by atoms with van der Waals surface area (Å²) in [5, 5.41) is 7.16. The fourth-order valence-corrected chi connectivity index (χ4v) is 3.11. The van der Waals surface area contributed by atoms with Crippen LogP contribution in [0.4, 0.5) is 13.2 Å². The number of hydroxylamine groups is 1. The number of allylic oxidation sites excluding steroid dienone is 1. The zero-order valence-corrected chi connectivity index (χ0v) is 23.0. The largest absolute Gasteiger partial charge is 0.417 e. The standard InChI is InChI=1S/C22H23F3N4O.C5H8O.C2H7N/c1-4-30-27-14-22(24,25)18-9-7-17(8-10-18)20-26-15-29(28-20)19-11-5-16(6-12-19)13-21(2,3)23;1-2-3-4-5-6;1-3-2/h4-12,15,27H,1,13-14H2,2-3H3;2,5H,1,3-4H2;3H,1-2H3. The molecular weight excluding hydrogens is 507 g/mol. The molecule has 212 valence electrons. The van der Waals surface area contributed by atoms with Crippen molar-refractivity contribution in [2.75, 3.05) is 20.6 Å². The predicted octanol–water partition coefficient (Wildman–Crippen LogP) is 5.97. The molecule has 39 heavy (non-hydrogen) atoms. The van der Waals surface area contributed by atoms with Gasteiger partial charge in [-0.1, -0.05) is 49.1 Å². The van der Waals surface area contributed by atoms with E-state index in [0.717, 1.165) is 30.2 Å². The van der Waals surface area contributed by atoms with Crippen molar-refractivity contribution in [3.05, 3.63) is 91.5 Å². The Bertz CT molecular complexity index is 1120. The average molecular weight is 546 g/mol. The van der Waals surface area contributed by atoms with Gasteiger partial charge < -0.3 is 14.9 Å². The molecule has 0 aliphatic heterocycles. The topological polar surface area (TPSA) is 81.1 Å². The fourth-order valence-electron chi connectivity index (χ4n) is 3.11. The Morgan fingerprint density at radius 2 is 1.62 bits per heavy atom. The molecule has 1 heterocycles. The minimum absolute atomic E-state index is 0.155. The summed E-state index contributed by atoms with van der Waals surface area (Å²) in [4.78, 5) is 18.3. The Balaban J connectivity index is 0.000000734. The summed E-state index contributed by atoms with van der Waals surface area (Å²) in [5.74, 6) is -2.70. The van der Waals surface area contributed by atoms with Crippen LogP contribution in [-0.2, 0) is 22.0 Å². The van der Waals surface area contributed by atoms with Crippen LogP contribution in [0.1, 0.15) is 37.8 Å². The maximum atomic E-state index is 14.1. The van der Waals surface area contributed by atoms with Crippen LogP contribution in [-0.4, -0.2) is 47.4 Å². The number of carbonyl (C=O) groups excluding carboxylic acids is 1. The highest BCUT2D eigenvalue weighted by molar-refractivity contribution is 5.55. The number of hydrogen-bond acceptors (Lipinski definition) is 6. The Hall–Kier alpha value is -3.76. The highest BCUT2D eigenvalue weighted by Gasteiger charge is 2.31. The van der Waals surface area contributed by atoms with Crippen molar-refractivity contribution < 1.29 is 22.8 Å². The number of aromatic nitrogens is 3. The van der Waals surface area contributed by atoms with Crippen molar-refractivity contribution in [2.24, 2.45) is 0 Å². The molecule has 2 aromatic carbocycles. The third-order valence-electron chi connectivity index (χ3n) is 4.83. The molecule has 0 aliphatic rings. The molecule has 0 unspecified atom stereocenters. The van der Waals surface area contributed by atoms with Crippen LogP contribution >= 0.6 is 0 Å².